The van der Waals surface area contributed by atoms with Gasteiger partial charge in [-0.15, -0.1) is 0 Å². The van der Waals surface area contributed by atoms with Crippen LogP contribution in [0.4, 0.5) is 5.69 Å². The summed E-state index contributed by atoms with van der Waals surface area (Å²) in [5.41, 5.74) is 4.90. The SMILES string of the molecule is O=C(Nc1ccc(-c2ccccc2)c2c1C(=O)CC2)c1ccncc1. The molecule has 0 atom stereocenters. The Morgan fingerprint density at radius 3 is 2.44 bits per heavy atom. The summed E-state index contributed by atoms with van der Waals surface area (Å²) < 4.78 is 0. The summed E-state index contributed by atoms with van der Waals surface area (Å²) in [6.45, 7) is 0. The fourth-order valence-electron chi connectivity index (χ4n) is 3.28. The van der Waals surface area contributed by atoms with Gasteiger partial charge in [0, 0.05) is 29.9 Å². The van der Waals surface area contributed by atoms with Crippen molar-refractivity contribution in [1.82, 2.24) is 4.98 Å². The van der Waals surface area contributed by atoms with E-state index >= 15 is 0 Å². The zero-order chi connectivity index (χ0) is 17.2. The predicted octanol–water partition coefficient (Wildman–Crippen LogP) is 4.13. The third kappa shape index (κ3) is 2.83. The van der Waals surface area contributed by atoms with Crippen molar-refractivity contribution in [2.45, 2.75) is 12.8 Å². The van der Waals surface area contributed by atoms with E-state index in [2.05, 4.69) is 10.3 Å². The summed E-state index contributed by atoms with van der Waals surface area (Å²) >= 11 is 0. The van der Waals surface area contributed by atoms with Gasteiger partial charge in [0.05, 0.1) is 5.69 Å². The molecule has 0 saturated carbocycles. The molecular weight excluding hydrogens is 312 g/mol. The van der Waals surface area contributed by atoms with Crippen molar-refractivity contribution in [2.24, 2.45) is 0 Å². The van der Waals surface area contributed by atoms with Gasteiger partial charge < -0.3 is 5.32 Å². The van der Waals surface area contributed by atoms with Crippen molar-refractivity contribution in [2.75, 3.05) is 5.32 Å². The van der Waals surface area contributed by atoms with Gasteiger partial charge in [-0.05, 0) is 41.3 Å². The first-order valence-electron chi connectivity index (χ1n) is 8.20. The van der Waals surface area contributed by atoms with Crippen LogP contribution in [0.25, 0.3) is 11.1 Å². The monoisotopic (exact) mass is 328 g/mol. The number of nitrogens with one attached hydrogen (secondary N) is 1. The van der Waals surface area contributed by atoms with E-state index in [1.807, 2.05) is 42.5 Å². The number of hydrogen-bond donors (Lipinski definition) is 1. The first kappa shape index (κ1) is 15.3. The van der Waals surface area contributed by atoms with Crippen LogP contribution in [0.1, 0.15) is 32.7 Å². The van der Waals surface area contributed by atoms with E-state index in [1.54, 1.807) is 24.5 Å². The van der Waals surface area contributed by atoms with Crippen molar-refractivity contribution in [1.29, 1.82) is 0 Å². The molecule has 0 aliphatic heterocycles. The second kappa shape index (κ2) is 6.32. The van der Waals surface area contributed by atoms with E-state index in [0.29, 0.717) is 29.7 Å². The summed E-state index contributed by atoms with van der Waals surface area (Å²) in [5.74, 6) is -0.158. The van der Waals surface area contributed by atoms with Crippen LogP contribution in [0.3, 0.4) is 0 Å². The number of pyridine rings is 1. The molecule has 122 valence electrons. The largest absolute Gasteiger partial charge is 0.321 e. The first-order valence-corrected chi connectivity index (χ1v) is 8.20. The molecule has 1 N–H and O–H groups in total. The lowest BCUT2D eigenvalue weighted by molar-refractivity contribution is 0.0995. The minimum atomic E-state index is -0.239. The van der Waals surface area contributed by atoms with Crippen LogP contribution in [0.15, 0.2) is 67.0 Å². The molecule has 4 nitrogen and oxygen atoms in total. The number of anilines is 1. The van der Waals surface area contributed by atoms with Gasteiger partial charge in [0.2, 0.25) is 0 Å². The predicted molar refractivity (Wildman–Crippen MR) is 96.7 cm³/mol. The summed E-state index contributed by atoms with van der Waals surface area (Å²) in [6, 6.07) is 17.1. The Kier molecular flexibility index (Phi) is 3.86. The van der Waals surface area contributed by atoms with Gasteiger partial charge in [-0.3, -0.25) is 14.6 Å². The number of ketones is 1. The second-order valence-corrected chi connectivity index (χ2v) is 5.99. The van der Waals surface area contributed by atoms with Gasteiger partial charge in [0.1, 0.15) is 0 Å². The Hall–Kier alpha value is -3.27. The normalized spacial score (nSPS) is 12.7. The number of Topliss-reactive ketones (excluding diaryl/α,β-unsaturated/α-hetero) is 1. The van der Waals surface area contributed by atoms with Crippen molar-refractivity contribution in [3.05, 3.63) is 83.7 Å². The Bertz CT molecular complexity index is 950. The molecule has 25 heavy (non-hydrogen) atoms. The lowest BCUT2D eigenvalue weighted by atomic mass is 9.95. The maximum Gasteiger partial charge on any atom is 0.255 e. The Balaban J connectivity index is 1.74. The van der Waals surface area contributed by atoms with Crippen molar-refractivity contribution in [3.63, 3.8) is 0 Å². The summed E-state index contributed by atoms with van der Waals surface area (Å²) in [5, 5.41) is 2.88. The standard InChI is InChI=1S/C21H16N2O2/c24-19-9-7-17-16(14-4-2-1-3-5-14)6-8-18(20(17)19)23-21(25)15-10-12-22-13-11-15/h1-6,8,10-13H,7,9H2,(H,23,25). The highest BCUT2D eigenvalue weighted by Crippen LogP contribution is 2.37. The van der Waals surface area contributed by atoms with Gasteiger partial charge in [0.15, 0.2) is 5.78 Å². The molecule has 1 aromatic heterocycles. The Morgan fingerprint density at radius 1 is 0.920 bits per heavy atom. The number of aromatic nitrogens is 1. The number of hydrogen-bond acceptors (Lipinski definition) is 3. The number of carbonyl (C=O) groups is 2. The van der Waals surface area contributed by atoms with Gasteiger partial charge in [-0.2, -0.15) is 0 Å². The van der Waals surface area contributed by atoms with Gasteiger partial charge in [-0.1, -0.05) is 36.4 Å². The Labute approximate surface area is 145 Å². The topological polar surface area (TPSA) is 59.1 Å². The summed E-state index contributed by atoms with van der Waals surface area (Å²) in [7, 11) is 0. The zero-order valence-electron chi connectivity index (χ0n) is 13.5. The fourth-order valence-corrected chi connectivity index (χ4v) is 3.28. The quantitative estimate of drug-likeness (QED) is 0.786. The molecule has 0 saturated heterocycles. The van der Waals surface area contributed by atoms with Crippen LogP contribution in [-0.4, -0.2) is 16.7 Å². The number of benzene rings is 2. The fraction of sp³-hybridized carbons (Fsp3) is 0.0952. The van der Waals surface area contributed by atoms with Crippen molar-refractivity contribution < 1.29 is 9.59 Å². The highest BCUT2D eigenvalue weighted by Gasteiger charge is 2.27. The minimum Gasteiger partial charge on any atom is -0.321 e. The molecule has 4 heteroatoms. The van der Waals surface area contributed by atoms with Crippen LogP contribution in [0.5, 0.6) is 0 Å². The summed E-state index contributed by atoms with van der Waals surface area (Å²) in [6.07, 6.45) is 4.33. The molecule has 0 bridgehead atoms. The maximum atomic E-state index is 12.4. The molecular formula is C21H16N2O2. The highest BCUT2D eigenvalue weighted by atomic mass is 16.1. The van der Waals surface area contributed by atoms with Gasteiger partial charge in [-0.25, -0.2) is 0 Å². The minimum absolute atomic E-state index is 0.0813. The first-order chi connectivity index (χ1) is 12.2. The molecule has 3 aromatic rings. The van der Waals surface area contributed by atoms with Crippen molar-refractivity contribution in [3.8, 4) is 11.1 Å². The van der Waals surface area contributed by atoms with E-state index in [1.165, 1.54) is 0 Å². The van der Waals surface area contributed by atoms with Gasteiger partial charge in [0.25, 0.3) is 5.91 Å². The van der Waals surface area contributed by atoms with E-state index < -0.39 is 0 Å². The average Bonchev–Trinajstić information content (AvgIpc) is 3.06. The third-order valence-corrected chi connectivity index (χ3v) is 4.47. The van der Waals surface area contributed by atoms with Gasteiger partial charge >= 0.3 is 0 Å². The Morgan fingerprint density at radius 2 is 1.68 bits per heavy atom. The molecule has 1 amide bonds. The van der Waals surface area contributed by atoms with Crippen LogP contribution < -0.4 is 5.32 Å². The van der Waals surface area contributed by atoms with Crippen molar-refractivity contribution >= 4 is 17.4 Å². The smallest absolute Gasteiger partial charge is 0.255 e. The third-order valence-electron chi connectivity index (χ3n) is 4.47. The summed E-state index contributed by atoms with van der Waals surface area (Å²) in [4.78, 5) is 28.8. The molecule has 1 aliphatic carbocycles. The second-order valence-electron chi connectivity index (χ2n) is 5.99. The van der Waals surface area contributed by atoms with Crippen LogP contribution >= 0.6 is 0 Å². The average molecular weight is 328 g/mol. The molecule has 1 heterocycles. The molecule has 0 unspecified atom stereocenters. The molecule has 0 radical (unpaired) electrons. The van der Waals surface area contributed by atoms with E-state index in [9.17, 15) is 9.59 Å². The van der Waals surface area contributed by atoms with E-state index in [0.717, 1.165) is 16.7 Å². The number of amides is 1. The molecule has 1 aliphatic rings. The molecule has 0 spiro atoms. The van der Waals surface area contributed by atoms with Crippen LogP contribution in [0.2, 0.25) is 0 Å². The van der Waals surface area contributed by atoms with E-state index in [-0.39, 0.29) is 11.7 Å². The maximum absolute atomic E-state index is 12.4. The molecule has 2 aromatic carbocycles. The van der Waals surface area contributed by atoms with Crippen LogP contribution in [-0.2, 0) is 6.42 Å². The number of rotatable bonds is 3. The lowest BCUT2D eigenvalue weighted by Crippen LogP contribution is -2.14. The number of fused-ring (bicyclic) bond motifs is 1. The van der Waals surface area contributed by atoms with E-state index in [4.69, 9.17) is 0 Å². The zero-order valence-corrected chi connectivity index (χ0v) is 13.5. The molecule has 0 fully saturated rings. The number of carbonyl (C=O) groups excluding carboxylic acids is 2. The lowest BCUT2D eigenvalue weighted by Gasteiger charge is -2.13. The highest BCUT2D eigenvalue weighted by molar-refractivity contribution is 6.12. The molecule has 4 rings (SSSR count). The van der Waals surface area contributed by atoms with Crippen LogP contribution in [0, 0.1) is 0 Å². The number of nitrogens with zero attached hydrogens (tertiary/aromatic N) is 1.